The van der Waals surface area contributed by atoms with Crippen LogP contribution in [0, 0.1) is 17.7 Å². The second-order valence-electron chi connectivity index (χ2n) is 5.79. The van der Waals surface area contributed by atoms with Crippen LogP contribution < -0.4 is 0 Å². The Balaban J connectivity index is 1.73. The molecule has 0 saturated heterocycles. The van der Waals surface area contributed by atoms with Crippen LogP contribution in [-0.2, 0) is 11.3 Å². The summed E-state index contributed by atoms with van der Waals surface area (Å²) in [6, 6.07) is 20.7. The van der Waals surface area contributed by atoms with E-state index in [9.17, 15) is 4.39 Å². The molecule has 0 N–H and O–H groups in total. The summed E-state index contributed by atoms with van der Waals surface area (Å²) in [5, 5.41) is 0.365. The van der Waals surface area contributed by atoms with Gasteiger partial charge in [-0.05, 0) is 53.9 Å². The van der Waals surface area contributed by atoms with Gasteiger partial charge in [0.15, 0.2) is 0 Å². The molecule has 0 aliphatic rings. The molecule has 26 heavy (non-hydrogen) atoms. The molecule has 0 fully saturated rings. The third-order valence-corrected chi connectivity index (χ3v) is 4.15. The summed E-state index contributed by atoms with van der Waals surface area (Å²) in [5.74, 6) is 5.42. The van der Waals surface area contributed by atoms with Gasteiger partial charge in [-0.3, -0.25) is 0 Å². The summed E-state index contributed by atoms with van der Waals surface area (Å²) < 4.78 is 19.2. The second-order valence-corrected chi connectivity index (χ2v) is 6.22. The van der Waals surface area contributed by atoms with Gasteiger partial charge in [-0.2, -0.15) is 0 Å². The molecule has 0 radical (unpaired) electrons. The first-order chi connectivity index (χ1) is 12.7. The van der Waals surface area contributed by atoms with Crippen molar-refractivity contribution in [3.8, 4) is 23.0 Å². The molecule has 0 aromatic heterocycles. The van der Waals surface area contributed by atoms with Crippen LogP contribution >= 0.6 is 11.6 Å². The number of benzene rings is 3. The molecule has 0 spiro atoms. The average molecular weight is 365 g/mol. The predicted octanol–water partition coefficient (Wildman–Crippen LogP) is 6.08. The zero-order valence-electron chi connectivity index (χ0n) is 14.4. The molecule has 1 nitrogen and oxygen atoms in total. The van der Waals surface area contributed by atoms with Gasteiger partial charge in [0.25, 0.3) is 0 Å². The summed E-state index contributed by atoms with van der Waals surface area (Å²) in [6.45, 7) is 3.33. The number of halogens is 2. The van der Waals surface area contributed by atoms with Gasteiger partial charge in [-0.25, -0.2) is 4.39 Å². The Kier molecular flexibility index (Phi) is 6.07. The summed E-state index contributed by atoms with van der Waals surface area (Å²) in [5.41, 5.74) is 4.56. The molecule has 3 rings (SSSR count). The maximum Gasteiger partial charge on any atom is 0.140 e. The minimum atomic E-state index is -0.409. The molecule has 0 saturated carbocycles. The maximum absolute atomic E-state index is 13.8. The van der Waals surface area contributed by atoms with Gasteiger partial charge in [0.1, 0.15) is 5.82 Å². The Morgan fingerprint density at radius 2 is 1.54 bits per heavy atom. The quantitative estimate of drug-likeness (QED) is 0.509. The Labute approximate surface area is 158 Å². The van der Waals surface area contributed by atoms with E-state index >= 15 is 0 Å². The predicted molar refractivity (Wildman–Crippen MR) is 105 cm³/mol. The van der Waals surface area contributed by atoms with E-state index in [-0.39, 0.29) is 0 Å². The van der Waals surface area contributed by atoms with E-state index in [2.05, 4.69) is 36.1 Å². The van der Waals surface area contributed by atoms with Gasteiger partial charge in [0.2, 0.25) is 0 Å². The van der Waals surface area contributed by atoms with Gasteiger partial charge in [0.05, 0.1) is 12.2 Å². The van der Waals surface area contributed by atoms with Crippen molar-refractivity contribution in [2.45, 2.75) is 13.5 Å². The van der Waals surface area contributed by atoms with E-state index < -0.39 is 5.82 Å². The van der Waals surface area contributed by atoms with Crippen molar-refractivity contribution in [1.82, 2.24) is 0 Å². The lowest BCUT2D eigenvalue weighted by molar-refractivity contribution is 0.134. The van der Waals surface area contributed by atoms with Crippen molar-refractivity contribution in [1.29, 1.82) is 0 Å². The van der Waals surface area contributed by atoms with Crippen molar-refractivity contribution in [2.75, 3.05) is 6.61 Å². The highest BCUT2D eigenvalue weighted by Crippen LogP contribution is 2.21. The topological polar surface area (TPSA) is 9.23 Å². The fraction of sp³-hybridized carbons (Fsp3) is 0.130. The Hall–Kier alpha value is -2.60. The van der Waals surface area contributed by atoms with Crippen LogP contribution in [0.1, 0.15) is 23.6 Å². The molecule has 0 atom stereocenters. The van der Waals surface area contributed by atoms with Gasteiger partial charge in [-0.1, -0.05) is 59.8 Å². The van der Waals surface area contributed by atoms with E-state index in [1.165, 1.54) is 6.07 Å². The lowest BCUT2D eigenvalue weighted by Gasteiger charge is -2.05. The molecule has 3 aromatic rings. The highest BCUT2D eigenvalue weighted by molar-refractivity contribution is 6.30. The minimum Gasteiger partial charge on any atom is -0.377 e. The second kappa shape index (κ2) is 8.67. The van der Waals surface area contributed by atoms with Crippen molar-refractivity contribution >= 4 is 11.6 Å². The van der Waals surface area contributed by atoms with Crippen LogP contribution in [0.15, 0.2) is 66.7 Å². The fourth-order valence-electron chi connectivity index (χ4n) is 2.49. The average Bonchev–Trinajstić information content (AvgIpc) is 2.66. The van der Waals surface area contributed by atoms with Crippen LogP contribution in [0.3, 0.4) is 0 Å². The van der Waals surface area contributed by atoms with Gasteiger partial charge in [-0.15, -0.1) is 0 Å². The molecule has 0 aliphatic heterocycles. The highest BCUT2D eigenvalue weighted by atomic mass is 35.5. The summed E-state index contributed by atoms with van der Waals surface area (Å²) in [4.78, 5) is 0. The van der Waals surface area contributed by atoms with Crippen LogP contribution in [0.5, 0.6) is 0 Å². The van der Waals surface area contributed by atoms with E-state index in [0.717, 1.165) is 22.3 Å². The largest absolute Gasteiger partial charge is 0.377 e. The van der Waals surface area contributed by atoms with E-state index in [1.54, 1.807) is 12.1 Å². The molecule has 0 aliphatic carbocycles. The highest BCUT2D eigenvalue weighted by Gasteiger charge is 2.01. The molecule has 0 bridgehead atoms. The molecular formula is C23H18ClFO. The zero-order valence-corrected chi connectivity index (χ0v) is 15.2. The van der Waals surface area contributed by atoms with Gasteiger partial charge < -0.3 is 4.74 Å². The maximum atomic E-state index is 13.8. The monoisotopic (exact) mass is 364 g/mol. The number of hydrogen-bond acceptors (Lipinski definition) is 1. The molecule has 0 unspecified atom stereocenters. The Bertz CT molecular complexity index is 935. The van der Waals surface area contributed by atoms with Crippen LogP contribution in [0.4, 0.5) is 4.39 Å². The van der Waals surface area contributed by atoms with Crippen molar-refractivity contribution < 1.29 is 9.13 Å². The molecule has 0 heterocycles. The van der Waals surface area contributed by atoms with Crippen molar-refractivity contribution in [3.63, 3.8) is 0 Å². The zero-order chi connectivity index (χ0) is 18.4. The number of ether oxygens (including phenoxy) is 1. The van der Waals surface area contributed by atoms with Gasteiger partial charge >= 0.3 is 0 Å². The lowest BCUT2D eigenvalue weighted by atomic mass is 10.0. The molecule has 130 valence electrons. The van der Waals surface area contributed by atoms with E-state index in [0.29, 0.717) is 23.8 Å². The van der Waals surface area contributed by atoms with E-state index in [1.807, 2.05) is 31.2 Å². The third kappa shape index (κ3) is 4.73. The molecule has 3 heteroatoms. The molecule has 0 amide bonds. The SMILES string of the molecule is CCOCc1ccc(-c2ccc(C#Cc3ccc(Cl)cc3F)cc2)cc1. The standard InChI is InChI=1S/C23H18ClFO/c1-2-26-16-18-6-10-20(11-7-18)19-8-3-17(4-9-19)5-12-21-13-14-22(24)15-23(21)25/h3-4,6-11,13-15H,2,16H2,1H3. The van der Waals surface area contributed by atoms with Crippen molar-refractivity contribution in [2.24, 2.45) is 0 Å². The van der Waals surface area contributed by atoms with Crippen LogP contribution in [0.2, 0.25) is 5.02 Å². The minimum absolute atomic E-state index is 0.336. The van der Waals surface area contributed by atoms with Crippen LogP contribution in [-0.4, -0.2) is 6.61 Å². The van der Waals surface area contributed by atoms with E-state index in [4.69, 9.17) is 16.3 Å². The first-order valence-corrected chi connectivity index (χ1v) is 8.77. The summed E-state index contributed by atoms with van der Waals surface area (Å²) >= 11 is 5.75. The third-order valence-electron chi connectivity index (χ3n) is 3.92. The first-order valence-electron chi connectivity index (χ1n) is 8.40. The summed E-state index contributed by atoms with van der Waals surface area (Å²) in [7, 11) is 0. The summed E-state index contributed by atoms with van der Waals surface area (Å²) in [6.07, 6.45) is 0. The Morgan fingerprint density at radius 3 is 2.15 bits per heavy atom. The molecular weight excluding hydrogens is 347 g/mol. The number of rotatable bonds is 4. The number of hydrogen-bond donors (Lipinski definition) is 0. The Morgan fingerprint density at radius 1 is 0.885 bits per heavy atom. The smallest absolute Gasteiger partial charge is 0.140 e. The normalized spacial score (nSPS) is 10.3. The lowest BCUT2D eigenvalue weighted by Crippen LogP contribution is -1.91. The van der Waals surface area contributed by atoms with Gasteiger partial charge in [0, 0.05) is 17.2 Å². The molecule has 3 aromatic carbocycles. The first kappa shape index (κ1) is 18.2. The fourth-order valence-corrected chi connectivity index (χ4v) is 2.65. The van der Waals surface area contributed by atoms with Crippen molar-refractivity contribution in [3.05, 3.63) is 94.3 Å². The van der Waals surface area contributed by atoms with Crippen LogP contribution in [0.25, 0.3) is 11.1 Å².